The number of fused-ring (bicyclic) bond motifs is 1. The Morgan fingerprint density at radius 1 is 1.24 bits per heavy atom. The molecular weight excluding hydrogens is 250 g/mol. The van der Waals surface area contributed by atoms with Crippen molar-refractivity contribution < 1.29 is 5.11 Å². The average Bonchev–Trinajstić information content (AvgIpc) is 2.82. The highest BCUT2D eigenvalue weighted by Gasteiger charge is 2.20. The summed E-state index contributed by atoms with van der Waals surface area (Å²) in [5, 5.41) is 11.1. The normalized spacial score (nSPS) is 16.5. The van der Waals surface area contributed by atoms with Crippen molar-refractivity contribution in [3.05, 3.63) is 51.5 Å². The molecule has 0 bridgehead atoms. The second-order valence-corrected chi connectivity index (χ2v) is 6.26. The maximum absolute atomic E-state index is 10.3. The van der Waals surface area contributed by atoms with Gasteiger partial charge in [-0.2, -0.15) is 11.8 Å². The third-order valence-corrected chi connectivity index (χ3v) is 5.18. The molecule has 1 aromatic carbocycles. The zero-order valence-corrected chi connectivity index (χ0v) is 10.9. The minimum Gasteiger partial charge on any atom is -0.381 e. The molecule has 2 aromatic rings. The molecule has 0 saturated carbocycles. The highest BCUT2D eigenvalue weighted by Crippen LogP contribution is 2.33. The summed E-state index contributed by atoms with van der Waals surface area (Å²) in [5.74, 6) is 2.20. The molecule has 3 rings (SSSR count). The first-order valence-electron chi connectivity index (χ1n) is 5.64. The van der Waals surface area contributed by atoms with Crippen molar-refractivity contribution in [3.63, 3.8) is 0 Å². The SMILES string of the molecule is OC(c1ccccc1)c1nc2c(s1)CSCC2. The van der Waals surface area contributed by atoms with Crippen molar-refractivity contribution in [2.75, 3.05) is 5.75 Å². The molecule has 0 spiro atoms. The Morgan fingerprint density at radius 3 is 2.82 bits per heavy atom. The van der Waals surface area contributed by atoms with Crippen LogP contribution >= 0.6 is 23.1 Å². The number of aliphatic hydroxyl groups is 1. The monoisotopic (exact) mass is 263 g/mol. The van der Waals surface area contributed by atoms with Gasteiger partial charge >= 0.3 is 0 Å². The summed E-state index contributed by atoms with van der Waals surface area (Å²) in [7, 11) is 0. The molecule has 2 heterocycles. The first-order valence-corrected chi connectivity index (χ1v) is 7.61. The third kappa shape index (κ3) is 2.25. The van der Waals surface area contributed by atoms with Gasteiger partial charge in [0.2, 0.25) is 0 Å². The van der Waals surface area contributed by atoms with Crippen LogP contribution in [0.15, 0.2) is 30.3 Å². The van der Waals surface area contributed by atoms with Crippen molar-refractivity contribution in [2.24, 2.45) is 0 Å². The number of thiazole rings is 1. The average molecular weight is 263 g/mol. The Bertz CT molecular complexity index is 486. The number of aryl methyl sites for hydroxylation is 1. The predicted octanol–water partition coefficient (Wildman–Crippen LogP) is 3.01. The van der Waals surface area contributed by atoms with Crippen LogP contribution in [0.25, 0.3) is 0 Å². The zero-order valence-electron chi connectivity index (χ0n) is 9.30. The summed E-state index contributed by atoms with van der Waals surface area (Å²) >= 11 is 3.60. The summed E-state index contributed by atoms with van der Waals surface area (Å²) in [6.07, 6.45) is 0.467. The molecule has 88 valence electrons. The number of benzene rings is 1. The fraction of sp³-hybridized carbons (Fsp3) is 0.308. The highest BCUT2D eigenvalue weighted by molar-refractivity contribution is 7.98. The Kier molecular flexibility index (Phi) is 3.18. The number of hydrogen-bond donors (Lipinski definition) is 1. The Balaban J connectivity index is 1.91. The van der Waals surface area contributed by atoms with Gasteiger partial charge in [-0.3, -0.25) is 0 Å². The van der Waals surface area contributed by atoms with Crippen molar-refractivity contribution >= 4 is 23.1 Å². The molecule has 1 atom stereocenters. The van der Waals surface area contributed by atoms with Crippen molar-refractivity contribution in [1.29, 1.82) is 0 Å². The minimum absolute atomic E-state index is 0.572. The van der Waals surface area contributed by atoms with Crippen LogP contribution in [0.2, 0.25) is 0 Å². The number of aliphatic hydroxyl groups excluding tert-OH is 1. The van der Waals surface area contributed by atoms with E-state index < -0.39 is 6.10 Å². The van der Waals surface area contributed by atoms with E-state index in [1.807, 2.05) is 42.1 Å². The summed E-state index contributed by atoms with van der Waals surface area (Å²) < 4.78 is 0. The van der Waals surface area contributed by atoms with Crippen LogP contribution in [-0.4, -0.2) is 15.8 Å². The number of rotatable bonds is 2. The standard InChI is InChI=1S/C13H13NOS2/c15-12(9-4-2-1-3-5-9)13-14-10-6-7-16-8-11(10)17-13/h1-5,12,15H,6-8H2. The number of nitrogens with zero attached hydrogens (tertiary/aromatic N) is 1. The lowest BCUT2D eigenvalue weighted by molar-refractivity contribution is 0.219. The van der Waals surface area contributed by atoms with Crippen molar-refractivity contribution in [3.8, 4) is 0 Å². The van der Waals surface area contributed by atoms with Gasteiger partial charge in [-0.1, -0.05) is 30.3 Å². The summed E-state index contributed by atoms with van der Waals surface area (Å²) in [6, 6.07) is 9.74. The highest BCUT2D eigenvalue weighted by atomic mass is 32.2. The lowest BCUT2D eigenvalue weighted by Crippen LogP contribution is -2.01. The van der Waals surface area contributed by atoms with E-state index in [-0.39, 0.29) is 0 Å². The molecule has 0 amide bonds. The lowest BCUT2D eigenvalue weighted by Gasteiger charge is -2.07. The van der Waals surface area contributed by atoms with Gasteiger partial charge in [0.15, 0.2) is 0 Å². The van der Waals surface area contributed by atoms with E-state index in [9.17, 15) is 5.11 Å². The largest absolute Gasteiger partial charge is 0.381 e. The van der Waals surface area contributed by atoms with E-state index in [0.717, 1.165) is 28.5 Å². The molecule has 1 aliphatic rings. The Hall–Kier alpha value is -0.840. The molecule has 0 aliphatic carbocycles. The quantitative estimate of drug-likeness (QED) is 0.904. The number of thioether (sulfide) groups is 1. The van der Waals surface area contributed by atoms with E-state index in [0.29, 0.717) is 0 Å². The van der Waals surface area contributed by atoms with Crippen LogP contribution in [0, 0.1) is 0 Å². The van der Waals surface area contributed by atoms with Crippen LogP contribution in [0.1, 0.15) is 27.2 Å². The lowest BCUT2D eigenvalue weighted by atomic mass is 10.1. The van der Waals surface area contributed by atoms with E-state index in [1.165, 1.54) is 10.6 Å². The first-order chi connectivity index (χ1) is 8.34. The summed E-state index contributed by atoms with van der Waals surface area (Å²) in [5.41, 5.74) is 2.12. The van der Waals surface area contributed by atoms with E-state index >= 15 is 0 Å². The first kappa shape index (κ1) is 11.3. The number of hydrogen-bond acceptors (Lipinski definition) is 4. The predicted molar refractivity (Wildman–Crippen MR) is 72.5 cm³/mol. The zero-order chi connectivity index (χ0) is 11.7. The molecule has 1 aliphatic heterocycles. The number of aromatic nitrogens is 1. The molecule has 17 heavy (non-hydrogen) atoms. The Morgan fingerprint density at radius 2 is 2.06 bits per heavy atom. The maximum atomic E-state index is 10.3. The van der Waals surface area contributed by atoms with Gasteiger partial charge in [0.25, 0.3) is 0 Å². The van der Waals surface area contributed by atoms with Gasteiger partial charge in [-0.15, -0.1) is 11.3 Å². The van der Waals surface area contributed by atoms with Gasteiger partial charge in [0.1, 0.15) is 11.1 Å². The molecule has 2 nitrogen and oxygen atoms in total. The van der Waals surface area contributed by atoms with Crippen LogP contribution in [0.4, 0.5) is 0 Å². The van der Waals surface area contributed by atoms with Gasteiger partial charge in [0, 0.05) is 10.6 Å². The fourth-order valence-corrected chi connectivity index (χ4v) is 4.18. The topological polar surface area (TPSA) is 33.1 Å². The van der Waals surface area contributed by atoms with Gasteiger partial charge in [0.05, 0.1) is 5.69 Å². The van der Waals surface area contributed by atoms with Crippen molar-refractivity contribution in [1.82, 2.24) is 4.98 Å². The van der Waals surface area contributed by atoms with Crippen LogP contribution in [-0.2, 0) is 12.2 Å². The molecule has 1 aromatic heterocycles. The summed E-state index contributed by atoms with van der Waals surface area (Å²) in [6.45, 7) is 0. The molecule has 1 N–H and O–H groups in total. The fourth-order valence-electron chi connectivity index (χ4n) is 1.94. The second-order valence-electron chi connectivity index (χ2n) is 4.04. The molecule has 4 heteroatoms. The van der Waals surface area contributed by atoms with Gasteiger partial charge in [-0.05, 0) is 17.7 Å². The van der Waals surface area contributed by atoms with Crippen LogP contribution in [0.3, 0.4) is 0 Å². The minimum atomic E-state index is -0.572. The maximum Gasteiger partial charge on any atom is 0.131 e. The second kappa shape index (κ2) is 4.80. The van der Waals surface area contributed by atoms with Crippen LogP contribution < -0.4 is 0 Å². The van der Waals surface area contributed by atoms with E-state index in [2.05, 4.69) is 4.98 Å². The molecule has 0 saturated heterocycles. The smallest absolute Gasteiger partial charge is 0.131 e. The summed E-state index contributed by atoms with van der Waals surface area (Å²) in [4.78, 5) is 5.92. The molecule has 0 fully saturated rings. The third-order valence-electron chi connectivity index (χ3n) is 2.86. The molecular formula is C13H13NOS2. The van der Waals surface area contributed by atoms with Gasteiger partial charge < -0.3 is 5.11 Å². The van der Waals surface area contributed by atoms with Gasteiger partial charge in [-0.25, -0.2) is 4.98 Å². The molecule has 0 radical (unpaired) electrons. The van der Waals surface area contributed by atoms with E-state index in [1.54, 1.807) is 11.3 Å². The molecule has 1 unspecified atom stereocenters. The van der Waals surface area contributed by atoms with Crippen LogP contribution in [0.5, 0.6) is 0 Å². The van der Waals surface area contributed by atoms with Crippen molar-refractivity contribution in [2.45, 2.75) is 18.3 Å². The van der Waals surface area contributed by atoms with E-state index in [4.69, 9.17) is 0 Å². The Labute approximate surface area is 109 Å².